The van der Waals surface area contributed by atoms with E-state index in [1.54, 1.807) is 0 Å². The van der Waals surface area contributed by atoms with E-state index in [0.29, 0.717) is 6.54 Å². The Hall–Kier alpha value is -2.53. The van der Waals surface area contributed by atoms with Crippen molar-refractivity contribution in [1.82, 2.24) is 10.2 Å². The maximum absolute atomic E-state index is 11.9. The van der Waals surface area contributed by atoms with E-state index in [0.717, 1.165) is 36.7 Å². The zero-order valence-electron chi connectivity index (χ0n) is 14.4. The highest BCUT2D eigenvalue weighted by molar-refractivity contribution is 5.89. The molecule has 0 unspecified atom stereocenters. The molecule has 2 aromatic rings. The molecule has 3 N–H and O–H groups in total. The number of benzene rings is 2. The van der Waals surface area contributed by atoms with Crippen molar-refractivity contribution in [3.63, 3.8) is 0 Å². The van der Waals surface area contributed by atoms with Crippen molar-refractivity contribution >= 4 is 23.1 Å². The van der Waals surface area contributed by atoms with Crippen LogP contribution in [0.5, 0.6) is 0 Å². The predicted molar refractivity (Wildman–Crippen MR) is 101 cm³/mol. The molecule has 0 aliphatic rings. The zero-order valence-corrected chi connectivity index (χ0v) is 14.4. The van der Waals surface area contributed by atoms with Crippen LogP contribution >= 0.6 is 0 Å². The Balaban J connectivity index is 1.77. The number of carbonyl (C=O) groups excluding carboxylic acids is 1. The van der Waals surface area contributed by atoms with Crippen LogP contribution in [-0.2, 0) is 0 Å². The molecule has 128 valence electrons. The minimum absolute atomic E-state index is 0.175. The average molecular weight is 326 g/mol. The average Bonchev–Trinajstić information content (AvgIpc) is 2.61. The zero-order chi connectivity index (χ0) is 17.2. The molecule has 0 spiro atoms. The molecular formula is C19H26N4O. The predicted octanol–water partition coefficient (Wildman–Crippen LogP) is 3.89. The number of likely N-dealkylation sites (N-methyl/N-ethyl adjacent to an activating group) is 1. The van der Waals surface area contributed by atoms with Gasteiger partial charge in [0.05, 0.1) is 0 Å². The van der Waals surface area contributed by atoms with Crippen molar-refractivity contribution in [3.05, 3.63) is 54.6 Å². The number of rotatable bonds is 8. The van der Waals surface area contributed by atoms with Crippen LogP contribution in [0, 0.1) is 0 Å². The lowest BCUT2D eigenvalue weighted by Gasteiger charge is -2.18. The van der Waals surface area contributed by atoms with Crippen LogP contribution in [0.4, 0.5) is 21.9 Å². The Morgan fingerprint density at radius 2 is 1.46 bits per heavy atom. The fourth-order valence-corrected chi connectivity index (χ4v) is 2.37. The number of carbonyl (C=O) groups is 1. The third kappa shape index (κ3) is 5.93. The highest BCUT2D eigenvalue weighted by Gasteiger charge is 2.03. The molecule has 24 heavy (non-hydrogen) atoms. The maximum Gasteiger partial charge on any atom is 0.319 e. The molecule has 0 fully saturated rings. The summed E-state index contributed by atoms with van der Waals surface area (Å²) in [6.07, 6.45) is 0. The SMILES string of the molecule is CCN(CC)CCNC(=O)Nc1ccc(Nc2ccccc2)cc1. The van der Waals surface area contributed by atoms with Gasteiger partial charge in [-0.05, 0) is 49.5 Å². The number of anilines is 3. The van der Waals surface area contributed by atoms with Gasteiger partial charge in [-0.25, -0.2) is 4.79 Å². The summed E-state index contributed by atoms with van der Waals surface area (Å²) in [7, 11) is 0. The first-order valence-electron chi connectivity index (χ1n) is 8.40. The number of para-hydroxylation sites is 1. The first kappa shape index (κ1) is 17.8. The van der Waals surface area contributed by atoms with Crippen LogP contribution in [0.1, 0.15) is 13.8 Å². The van der Waals surface area contributed by atoms with Gasteiger partial charge in [-0.2, -0.15) is 0 Å². The van der Waals surface area contributed by atoms with Gasteiger partial charge in [0, 0.05) is 30.2 Å². The van der Waals surface area contributed by atoms with E-state index < -0.39 is 0 Å². The minimum Gasteiger partial charge on any atom is -0.356 e. The van der Waals surface area contributed by atoms with Crippen molar-refractivity contribution in [2.45, 2.75) is 13.8 Å². The van der Waals surface area contributed by atoms with Crippen molar-refractivity contribution in [1.29, 1.82) is 0 Å². The molecule has 0 bridgehead atoms. The maximum atomic E-state index is 11.9. The fourth-order valence-electron chi connectivity index (χ4n) is 2.37. The largest absolute Gasteiger partial charge is 0.356 e. The van der Waals surface area contributed by atoms with E-state index in [1.807, 2.05) is 54.6 Å². The molecule has 2 aromatic carbocycles. The monoisotopic (exact) mass is 326 g/mol. The van der Waals surface area contributed by atoms with Gasteiger partial charge in [0.15, 0.2) is 0 Å². The van der Waals surface area contributed by atoms with E-state index in [4.69, 9.17) is 0 Å². The molecule has 0 aliphatic carbocycles. The van der Waals surface area contributed by atoms with Gasteiger partial charge < -0.3 is 20.9 Å². The quantitative estimate of drug-likeness (QED) is 0.690. The lowest BCUT2D eigenvalue weighted by Crippen LogP contribution is -2.36. The highest BCUT2D eigenvalue weighted by Crippen LogP contribution is 2.18. The second kappa shape index (κ2) is 9.57. The van der Waals surface area contributed by atoms with Crippen molar-refractivity contribution in [2.24, 2.45) is 0 Å². The van der Waals surface area contributed by atoms with E-state index in [-0.39, 0.29) is 6.03 Å². The van der Waals surface area contributed by atoms with Crippen LogP contribution in [0.25, 0.3) is 0 Å². The summed E-state index contributed by atoms with van der Waals surface area (Å²) in [5, 5.41) is 9.03. The van der Waals surface area contributed by atoms with Crippen LogP contribution in [0.15, 0.2) is 54.6 Å². The van der Waals surface area contributed by atoms with Gasteiger partial charge in [0.2, 0.25) is 0 Å². The van der Waals surface area contributed by atoms with Crippen LogP contribution in [0.3, 0.4) is 0 Å². The molecule has 0 saturated carbocycles. The van der Waals surface area contributed by atoms with Gasteiger partial charge in [-0.15, -0.1) is 0 Å². The summed E-state index contributed by atoms with van der Waals surface area (Å²) < 4.78 is 0. The highest BCUT2D eigenvalue weighted by atomic mass is 16.2. The van der Waals surface area contributed by atoms with Crippen LogP contribution in [-0.4, -0.2) is 37.1 Å². The molecule has 0 atom stereocenters. The summed E-state index contributed by atoms with van der Waals surface area (Å²) >= 11 is 0. The molecule has 5 heteroatoms. The Bertz CT molecular complexity index is 609. The Morgan fingerprint density at radius 3 is 2.08 bits per heavy atom. The van der Waals surface area contributed by atoms with Crippen LogP contribution < -0.4 is 16.0 Å². The summed E-state index contributed by atoms with van der Waals surface area (Å²) in [6, 6.07) is 17.5. The molecule has 0 radical (unpaired) electrons. The number of amides is 2. The standard InChI is InChI=1S/C19H26N4O/c1-3-23(4-2)15-14-20-19(24)22-18-12-10-17(11-13-18)21-16-8-6-5-7-9-16/h5-13,21H,3-4,14-15H2,1-2H3,(H2,20,22,24). The Kier molecular flexibility index (Phi) is 7.11. The Morgan fingerprint density at radius 1 is 0.875 bits per heavy atom. The number of hydrogen-bond donors (Lipinski definition) is 3. The lowest BCUT2D eigenvalue weighted by atomic mass is 10.2. The number of hydrogen-bond acceptors (Lipinski definition) is 3. The summed E-state index contributed by atoms with van der Waals surface area (Å²) in [6.45, 7) is 7.73. The molecule has 0 saturated heterocycles. The molecular weight excluding hydrogens is 300 g/mol. The van der Waals surface area contributed by atoms with Gasteiger partial charge in [-0.3, -0.25) is 0 Å². The second-order valence-corrected chi connectivity index (χ2v) is 5.48. The molecule has 2 rings (SSSR count). The number of nitrogens with zero attached hydrogens (tertiary/aromatic N) is 1. The van der Waals surface area contributed by atoms with Gasteiger partial charge >= 0.3 is 6.03 Å². The van der Waals surface area contributed by atoms with E-state index in [2.05, 4.69) is 34.7 Å². The molecule has 0 aromatic heterocycles. The first-order valence-corrected chi connectivity index (χ1v) is 8.40. The Labute approximate surface area is 144 Å². The van der Waals surface area contributed by atoms with E-state index in [1.165, 1.54) is 0 Å². The van der Waals surface area contributed by atoms with Gasteiger partial charge in [0.1, 0.15) is 0 Å². The summed E-state index contributed by atoms with van der Waals surface area (Å²) in [4.78, 5) is 14.2. The van der Waals surface area contributed by atoms with Crippen molar-refractivity contribution < 1.29 is 4.79 Å². The number of urea groups is 1. The summed E-state index contributed by atoms with van der Waals surface area (Å²) in [5.74, 6) is 0. The first-order chi connectivity index (χ1) is 11.7. The van der Waals surface area contributed by atoms with Gasteiger partial charge in [0.25, 0.3) is 0 Å². The molecule has 0 heterocycles. The van der Waals surface area contributed by atoms with Gasteiger partial charge in [-0.1, -0.05) is 32.0 Å². The van der Waals surface area contributed by atoms with E-state index >= 15 is 0 Å². The smallest absolute Gasteiger partial charge is 0.319 e. The van der Waals surface area contributed by atoms with Crippen molar-refractivity contribution in [2.75, 3.05) is 36.8 Å². The molecule has 2 amide bonds. The topological polar surface area (TPSA) is 56.4 Å². The normalized spacial score (nSPS) is 10.5. The third-order valence-electron chi connectivity index (χ3n) is 3.81. The second-order valence-electron chi connectivity index (χ2n) is 5.48. The molecule has 5 nitrogen and oxygen atoms in total. The third-order valence-corrected chi connectivity index (χ3v) is 3.81. The van der Waals surface area contributed by atoms with E-state index in [9.17, 15) is 4.79 Å². The lowest BCUT2D eigenvalue weighted by molar-refractivity contribution is 0.248. The number of nitrogens with one attached hydrogen (secondary N) is 3. The fraction of sp³-hybridized carbons (Fsp3) is 0.316. The van der Waals surface area contributed by atoms with Crippen molar-refractivity contribution in [3.8, 4) is 0 Å². The molecule has 0 aliphatic heterocycles. The minimum atomic E-state index is -0.175. The van der Waals surface area contributed by atoms with Crippen LogP contribution in [0.2, 0.25) is 0 Å². The summed E-state index contributed by atoms with van der Waals surface area (Å²) in [5.41, 5.74) is 2.79.